The number of benzene rings is 3. The Bertz CT molecular complexity index is 992. The summed E-state index contributed by atoms with van der Waals surface area (Å²) >= 11 is 0. The smallest absolute Gasteiger partial charge is 0.175 e. The fourth-order valence-corrected chi connectivity index (χ4v) is 3.61. The summed E-state index contributed by atoms with van der Waals surface area (Å²) in [5, 5.41) is 0. The van der Waals surface area contributed by atoms with Gasteiger partial charge in [0.1, 0.15) is 5.82 Å². The van der Waals surface area contributed by atoms with E-state index < -0.39 is 9.84 Å². The highest BCUT2D eigenvalue weighted by atomic mass is 32.2. The highest BCUT2D eigenvalue weighted by Gasteiger charge is 2.16. The molecule has 0 amide bonds. The van der Waals surface area contributed by atoms with Gasteiger partial charge in [-0.3, -0.25) is 0 Å². The number of rotatable bonds is 4. The van der Waals surface area contributed by atoms with Crippen molar-refractivity contribution in [1.29, 1.82) is 0 Å². The summed E-state index contributed by atoms with van der Waals surface area (Å²) in [6.07, 6.45) is 1.19. The van der Waals surface area contributed by atoms with Gasteiger partial charge < -0.3 is 0 Å². The minimum Gasteiger partial charge on any atom is -0.224 e. The first kappa shape index (κ1) is 17.4. The lowest BCUT2D eigenvalue weighted by molar-refractivity contribution is 0.602. The molecule has 0 heterocycles. The zero-order valence-electron chi connectivity index (χ0n) is 14.1. The predicted octanol–water partition coefficient (Wildman–Crippen LogP) is 5.05. The van der Waals surface area contributed by atoms with E-state index in [9.17, 15) is 12.8 Å². The van der Waals surface area contributed by atoms with Gasteiger partial charge in [0.15, 0.2) is 9.84 Å². The van der Waals surface area contributed by atoms with Crippen LogP contribution in [0.4, 0.5) is 4.39 Å². The Labute approximate surface area is 147 Å². The van der Waals surface area contributed by atoms with E-state index in [0.717, 1.165) is 16.7 Å². The molecule has 25 heavy (non-hydrogen) atoms. The predicted molar refractivity (Wildman–Crippen MR) is 98.9 cm³/mol. The van der Waals surface area contributed by atoms with Crippen molar-refractivity contribution in [1.82, 2.24) is 0 Å². The van der Waals surface area contributed by atoms with Crippen LogP contribution in [-0.4, -0.2) is 14.7 Å². The SMILES string of the molecule is CC(c1ccc(S(C)(=O)=O)cc1)c1ccccc1-c1ccccc1F. The fraction of sp³-hybridized carbons (Fsp3) is 0.143. The molecule has 0 fully saturated rings. The van der Waals surface area contributed by atoms with Gasteiger partial charge in [0, 0.05) is 17.7 Å². The second-order valence-electron chi connectivity index (χ2n) is 6.13. The molecule has 0 aliphatic carbocycles. The molecule has 128 valence electrons. The van der Waals surface area contributed by atoms with Crippen molar-refractivity contribution >= 4 is 9.84 Å². The zero-order valence-corrected chi connectivity index (χ0v) is 14.9. The first-order chi connectivity index (χ1) is 11.9. The van der Waals surface area contributed by atoms with Crippen LogP contribution in [0.5, 0.6) is 0 Å². The van der Waals surface area contributed by atoms with Crippen LogP contribution in [0.3, 0.4) is 0 Å². The van der Waals surface area contributed by atoms with Crippen LogP contribution in [0.2, 0.25) is 0 Å². The summed E-state index contributed by atoms with van der Waals surface area (Å²) < 4.78 is 37.5. The maximum atomic E-state index is 14.2. The van der Waals surface area contributed by atoms with Gasteiger partial charge in [-0.15, -0.1) is 0 Å². The lowest BCUT2D eigenvalue weighted by atomic mass is 9.87. The lowest BCUT2D eigenvalue weighted by Gasteiger charge is -2.18. The Morgan fingerprint density at radius 1 is 0.800 bits per heavy atom. The average Bonchev–Trinajstić information content (AvgIpc) is 2.61. The topological polar surface area (TPSA) is 34.1 Å². The average molecular weight is 354 g/mol. The molecule has 3 rings (SSSR count). The van der Waals surface area contributed by atoms with Crippen molar-refractivity contribution in [3.05, 3.63) is 89.7 Å². The van der Waals surface area contributed by atoms with Gasteiger partial charge in [-0.25, -0.2) is 12.8 Å². The minimum atomic E-state index is -3.22. The van der Waals surface area contributed by atoms with Crippen LogP contribution in [-0.2, 0) is 9.84 Å². The zero-order chi connectivity index (χ0) is 18.0. The van der Waals surface area contributed by atoms with E-state index in [1.165, 1.54) is 12.3 Å². The molecule has 0 spiro atoms. The van der Waals surface area contributed by atoms with Gasteiger partial charge in [-0.2, -0.15) is 0 Å². The normalized spacial score (nSPS) is 12.8. The summed E-state index contributed by atoms with van der Waals surface area (Å²) in [6, 6.07) is 21.3. The molecule has 0 saturated carbocycles. The van der Waals surface area contributed by atoms with Crippen LogP contribution < -0.4 is 0 Å². The fourth-order valence-electron chi connectivity index (χ4n) is 2.98. The highest BCUT2D eigenvalue weighted by Crippen LogP contribution is 2.34. The molecule has 1 unspecified atom stereocenters. The van der Waals surface area contributed by atoms with E-state index in [4.69, 9.17) is 0 Å². The number of hydrogen-bond donors (Lipinski definition) is 0. The number of hydrogen-bond acceptors (Lipinski definition) is 2. The standard InChI is InChI=1S/C21H19FO2S/c1-15(16-11-13-17(14-12-16)25(2,23)24)18-7-3-4-8-19(18)20-9-5-6-10-21(20)22/h3-15H,1-2H3. The van der Waals surface area contributed by atoms with E-state index in [0.29, 0.717) is 10.5 Å². The van der Waals surface area contributed by atoms with E-state index in [1.54, 1.807) is 24.3 Å². The van der Waals surface area contributed by atoms with Gasteiger partial charge in [-0.1, -0.05) is 61.5 Å². The molecule has 3 aromatic carbocycles. The first-order valence-corrected chi connectivity index (χ1v) is 9.91. The largest absolute Gasteiger partial charge is 0.224 e. The second kappa shape index (κ2) is 6.81. The van der Waals surface area contributed by atoms with E-state index in [1.807, 2.05) is 49.4 Å². The highest BCUT2D eigenvalue weighted by molar-refractivity contribution is 7.90. The third-order valence-corrected chi connectivity index (χ3v) is 5.53. The molecule has 4 heteroatoms. The maximum Gasteiger partial charge on any atom is 0.175 e. The van der Waals surface area contributed by atoms with Crippen molar-refractivity contribution in [3.8, 4) is 11.1 Å². The van der Waals surface area contributed by atoms with Gasteiger partial charge in [0.2, 0.25) is 0 Å². The summed E-state index contributed by atoms with van der Waals surface area (Å²) in [6.45, 7) is 2.04. The van der Waals surface area contributed by atoms with Crippen molar-refractivity contribution < 1.29 is 12.8 Å². The summed E-state index contributed by atoms with van der Waals surface area (Å²) in [4.78, 5) is 0.297. The van der Waals surface area contributed by atoms with Crippen LogP contribution in [0.25, 0.3) is 11.1 Å². The Morgan fingerprint density at radius 3 is 1.96 bits per heavy atom. The molecule has 3 aromatic rings. The van der Waals surface area contributed by atoms with Crippen molar-refractivity contribution in [3.63, 3.8) is 0 Å². The van der Waals surface area contributed by atoms with E-state index in [-0.39, 0.29) is 11.7 Å². The van der Waals surface area contributed by atoms with E-state index >= 15 is 0 Å². The molecule has 1 atom stereocenters. The van der Waals surface area contributed by atoms with Crippen molar-refractivity contribution in [2.75, 3.05) is 6.26 Å². The summed E-state index contributed by atoms with van der Waals surface area (Å²) in [5.41, 5.74) is 3.40. The molecule has 2 nitrogen and oxygen atoms in total. The van der Waals surface area contributed by atoms with Gasteiger partial charge >= 0.3 is 0 Å². The lowest BCUT2D eigenvalue weighted by Crippen LogP contribution is -2.01. The molecule has 0 aliphatic rings. The summed E-state index contributed by atoms with van der Waals surface area (Å²) in [5.74, 6) is -0.251. The first-order valence-electron chi connectivity index (χ1n) is 8.02. The summed E-state index contributed by atoms with van der Waals surface area (Å²) in [7, 11) is -3.22. The molecular weight excluding hydrogens is 335 g/mol. The molecule has 0 bridgehead atoms. The van der Waals surface area contributed by atoms with Crippen LogP contribution in [0.1, 0.15) is 24.0 Å². The van der Waals surface area contributed by atoms with Crippen LogP contribution in [0.15, 0.2) is 77.7 Å². The maximum absolute atomic E-state index is 14.2. The Morgan fingerprint density at radius 2 is 1.36 bits per heavy atom. The molecule has 0 aromatic heterocycles. The second-order valence-corrected chi connectivity index (χ2v) is 8.15. The Balaban J connectivity index is 2.04. The van der Waals surface area contributed by atoms with E-state index in [2.05, 4.69) is 0 Å². The number of halogens is 1. The molecule has 0 N–H and O–H groups in total. The van der Waals surface area contributed by atoms with Crippen LogP contribution in [0, 0.1) is 5.82 Å². The molecule has 0 saturated heterocycles. The quantitative estimate of drug-likeness (QED) is 0.657. The third kappa shape index (κ3) is 3.64. The van der Waals surface area contributed by atoms with Crippen molar-refractivity contribution in [2.24, 2.45) is 0 Å². The molecular formula is C21H19FO2S. The molecule has 0 radical (unpaired) electrons. The Hall–Kier alpha value is -2.46. The number of sulfone groups is 1. The Kier molecular flexibility index (Phi) is 4.73. The van der Waals surface area contributed by atoms with Gasteiger partial charge in [0.05, 0.1) is 4.90 Å². The van der Waals surface area contributed by atoms with Gasteiger partial charge in [-0.05, 0) is 34.9 Å². The van der Waals surface area contributed by atoms with Crippen LogP contribution >= 0.6 is 0 Å². The van der Waals surface area contributed by atoms with Gasteiger partial charge in [0.25, 0.3) is 0 Å². The van der Waals surface area contributed by atoms with Crippen molar-refractivity contribution in [2.45, 2.75) is 17.7 Å². The minimum absolute atomic E-state index is 0.00409. The molecule has 0 aliphatic heterocycles. The monoisotopic (exact) mass is 354 g/mol. The third-order valence-electron chi connectivity index (χ3n) is 4.40.